The fourth-order valence-corrected chi connectivity index (χ4v) is 2.66. The van der Waals surface area contributed by atoms with E-state index in [9.17, 15) is 9.59 Å². The van der Waals surface area contributed by atoms with Crippen LogP contribution in [0.4, 0.5) is 0 Å². The highest BCUT2D eigenvalue weighted by Gasteiger charge is 2.27. The van der Waals surface area contributed by atoms with Crippen LogP contribution in [0.5, 0.6) is 0 Å². The summed E-state index contributed by atoms with van der Waals surface area (Å²) < 4.78 is 0. The third kappa shape index (κ3) is 3.45. The van der Waals surface area contributed by atoms with Crippen LogP contribution in [0.3, 0.4) is 0 Å². The molecule has 1 amide bonds. The third-order valence-corrected chi connectivity index (χ3v) is 3.91. The average molecular weight is 274 g/mol. The molecule has 0 bridgehead atoms. The molecule has 2 rings (SSSR count). The Labute approximate surface area is 119 Å². The van der Waals surface area contributed by atoms with Gasteiger partial charge in [-0.25, -0.2) is 0 Å². The molecule has 1 aromatic carbocycles. The maximum Gasteiger partial charge on any atom is 0.223 e. The zero-order valence-corrected chi connectivity index (χ0v) is 12.0. The van der Waals surface area contributed by atoms with E-state index < -0.39 is 0 Å². The molecular formula is C16H22N2O2. The molecule has 4 nitrogen and oxygen atoms in total. The van der Waals surface area contributed by atoms with Crippen LogP contribution in [0.2, 0.25) is 0 Å². The van der Waals surface area contributed by atoms with Crippen molar-refractivity contribution in [2.75, 3.05) is 13.1 Å². The van der Waals surface area contributed by atoms with E-state index in [1.807, 2.05) is 36.1 Å². The molecule has 1 aromatic rings. The maximum absolute atomic E-state index is 12.1. The van der Waals surface area contributed by atoms with Gasteiger partial charge in [-0.2, -0.15) is 0 Å². The van der Waals surface area contributed by atoms with Crippen LogP contribution in [0, 0.1) is 6.92 Å². The highest BCUT2D eigenvalue weighted by molar-refractivity contribution is 5.98. The van der Waals surface area contributed by atoms with Gasteiger partial charge in [-0.3, -0.25) is 9.59 Å². The molecule has 20 heavy (non-hydrogen) atoms. The van der Waals surface area contributed by atoms with Crippen molar-refractivity contribution in [2.45, 2.75) is 38.6 Å². The van der Waals surface area contributed by atoms with Gasteiger partial charge in [0.25, 0.3) is 0 Å². The largest absolute Gasteiger partial charge is 0.338 e. The van der Waals surface area contributed by atoms with Gasteiger partial charge in [0.2, 0.25) is 5.91 Å². The van der Waals surface area contributed by atoms with Crippen LogP contribution in [-0.4, -0.2) is 35.7 Å². The summed E-state index contributed by atoms with van der Waals surface area (Å²) in [6, 6.07) is 7.64. The first-order valence-electron chi connectivity index (χ1n) is 7.21. The van der Waals surface area contributed by atoms with Crippen molar-refractivity contribution in [2.24, 2.45) is 5.73 Å². The lowest BCUT2D eigenvalue weighted by Gasteiger charge is -2.23. The topological polar surface area (TPSA) is 63.4 Å². The second-order valence-electron chi connectivity index (χ2n) is 5.41. The molecule has 0 aliphatic carbocycles. The smallest absolute Gasteiger partial charge is 0.223 e. The van der Waals surface area contributed by atoms with Crippen molar-refractivity contribution in [3.8, 4) is 0 Å². The zero-order valence-electron chi connectivity index (χ0n) is 12.0. The van der Waals surface area contributed by atoms with Crippen LogP contribution < -0.4 is 5.73 Å². The number of ketones is 1. The van der Waals surface area contributed by atoms with Crippen molar-refractivity contribution < 1.29 is 9.59 Å². The van der Waals surface area contributed by atoms with Crippen molar-refractivity contribution in [3.63, 3.8) is 0 Å². The molecule has 1 unspecified atom stereocenters. The summed E-state index contributed by atoms with van der Waals surface area (Å²) in [5.41, 5.74) is 7.47. The van der Waals surface area contributed by atoms with E-state index in [1.165, 1.54) is 0 Å². The Balaban J connectivity index is 1.87. The molecule has 1 saturated heterocycles. The van der Waals surface area contributed by atoms with Crippen LogP contribution in [0.15, 0.2) is 24.3 Å². The molecule has 1 fully saturated rings. The van der Waals surface area contributed by atoms with Crippen LogP contribution in [0.25, 0.3) is 0 Å². The predicted molar refractivity (Wildman–Crippen MR) is 78.5 cm³/mol. The maximum atomic E-state index is 12.1. The lowest BCUT2D eigenvalue weighted by Crippen LogP contribution is -2.39. The van der Waals surface area contributed by atoms with Crippen molar-refractivity contribution in [1.29, 1.82) is 0 Å². The lowest BCUT2D eigenvalue weighted by molar-refractivity contribution is -0.131. The van der Waals surface area contributed by atoms with Gasteiger partial charge in [-0.05, 0) is 19.8 Å². The first-order valence-corrected chi connectivity index (χ1v) is 7.21. The summed E-state index contributed by atoms with van der Waals surface area (Å²) in [5.74, 6) is 0.0836. The summed E-state index contributed by atoms with van der Waals surface area (Å²) in [6.45, 7) is 3.27. The molecule has 0 spiro atoms. The van der Waals surface area contributed by atoms with Crippen LogP contribution in [0.1, 0.15) is 41.6 Å². The lowest BCUT2D eigenvalue weighted by atomic mass is 10.0. The molecule has 1 aliphatic rings. The third-order valence-electron chi connectivity index (χ3n) is 3.91. The minimum Gasteiger partial charge on any atom is -0.338 e. The Kier molecular flexibility index (Phi) is 4.90. The number of carbonyl (C=O) groups is 2. The predicted octanol–water partition coefficient (Wildman–Crippen LogP) is 1.91. The Morgan fingerprint density at radius 1 is 1.25 bits per heavy atom. The summed E-state index contributed by atoms with van der Waals surface area (Å²) in [5, 5.41) is 0. The minimum atomic E-state index is 0.0295. The van der Waals surface area contributed by atoms with E-state index in [-0.39, 0.29) is 30.6 Å². The molecule has 4 heteroatoms. The first-order chi connectivity index (χ1) is 9.61. The normalized spacial score (nSPS) is 18.3. The Morgan fingerprint density at radius 2 is 1.95 bits per heavy atom. The first kappa shape index (κ1) is 14.7. The number of rotatable bonds is 5. The monoisotopic (exact) mass is 274 g/mol. The SMILES string of the molecule is Cc1ccc(C(=O)CCC(=O)N2CCCC2CN)cc1. The van der Waals surface area contributed by atoms with Crippen LogP contribution >= 0.6 is 0 Å². The second kappa shape index (κ2) is 6.66. The molecule has 1 atom stereocenters. The highest BCUT2D eigenvalue weighted by Crippen LogP contribution is 2.18. The summed E-state index contributed by atoms with van der Waals surface area (Å²) in [6.07, 6.45) is 2.55. The molecule has 108 valence electrons. The van der Waals surface area contributed by atoms with Gasteiger partial charge in [0.05, 0.1) is 0 Å². The number of benzene rings is 1. The molecule has 1 aliphatic heterocycles. The van der Waals surface area contributed by atoms with E-state index >= 15 is 0 Å². The molecule has 0 radical (unpaired) electrons. The Hall–Kier alpha value is -1.68. The second-order valence-corrected chi connectivity index (χ2v) is 5.41. The zero-order chi connectivity index (χ0) is 14.5. The minimum absolute atomic E-state index is 0.0295. The van der Waals surface area contributed by atoms with Gasteiger partial charge in [0.1, 0.15) is 0 Å². The van der Waals surface area contributed by atoms with Gasteiger partial charge in [0, 0.05) is 37.5 Å². The summed E-state index contributed by atoms with van der Waals surface area (Å²) in [4.78, 5) is 26.0. The number of hydrogen-bond donors (Lipinski definition) is 1. The molecule has 2 N–H and O–H groups in total. The van der Waals surface area contributed by atoms with Gasteiger partial charge in [-0.15, -0.1) is 0 Å². The number of nitrogens with zero attached hydrogens (tertiary/aromatic N) is 1. The number of hydrogen-bond acceptors (Lipinski definition) is 3. The number of likely N-dealkylation sites (tertiary alicyclic amines) is 1. The Morgan fingerprint density at radius 3 is 2.60 bits per heavy atom. The van der Waals surface area contributed by atoms with Gasteiger partial charge in [0.15, 0.2) is 5.78 Å². The number of nitrogens with two attached hydrogens (primary N) is 1. The van der Waals surface area contributed by atoms with E-state index in [0.717, 1.165) is 24.9 Å². The highest BCUT2D eigenvalue weighted by atomic mass is 16.2. The molecule has 0 saturated carbocycles. The standard InChI is InChI=1S/C16H22N2O2/c1-12-4-6-13(7-5-12)15(19)8-9-16(20)18-10-2-3-14(18)11-17/h4-7,14H,2-3,8-11,17H2,1H3. The van der Waals surface area contributed by atoms with Crippen molar-refractivity contribution in [1.82, 2.24) is 4.90 Å². The number of aryl methyl sites for hydroxylation is 1. The quantitative estimate of drug-likeness (QED) is 0.834. The number of carbonyl (C=O) groups excluding carboxylic acids is 2. The fraction of sp³-hybridized carbons (Fsp3) is 0.500. The van der Waals surface area contributed by atoms with E-state index in [4.69, 9.17) is 5.73 Å². The van der Waals surface area contributed by atoms with Crippen molar-refractivity contribution >= 4 is 11.7 Å². The van der Waals surface area contributed by atoms with Crippen molar-refractivity contribution in [3.05, 3.63) is 35.4 Å². The molecular weight excluding hydrogens is 252 g/mol. The van der Waals surface area contributed by atoms with Gasteiger partial charge < -0.3 is 10.6 Å². The van der Waals surface area contributed by atoms with Gasteiger partial charge >= 0.3 is 0 Å². The summed E-state index contributed by atoms with van der Waals surface area (Å²) >= 11 is 0. The fourth-order valence-electron chi connectivity index (χ4n) is 2.66. The average Bonchev–Trinajstić information content (AvgIpc) is 2.93. The number of Topliss-reactive ketones (excluding diaryl/α,β-unsaturated/α-hetero) is 1. The van der Waals surface area contributed by atoms with E-state index in [0.29, 0.717) is 12.1 Å². The molecule has 0 aromatic heterocycles. The summed E-state index contributed by atoms with van der Waals surface area (Å²) in [7, 11) is 0. The van der Waals surface area contributed by atoms with E-state index in [2.05, 4.69) is 0 Å². The Bertz CT molecular complexity index is 482. The van der Waals surface area contributed by atoms with E-state index in [1.54, 1.807) is 0 Å². The number of amides is 1. The molecule has 1 heterocycles. The van der Waals surface area contributed by atoms with Gasteiger partial charge in [-0.1, -0.05) is 29.8 Å². The van der Waals surface area contributed by atoms with Crippen LogP contribution in [-0.2, 0) is 4.79 Å².